The van der Waals surface area contributed by atoms with Crippen molar-refractivity contribution in [3.8, 4) is 0 Å². The summed E-state index contributed by atoms with van der Waals surface area (Å²) < 4.78 is 1.31. The third-order valence-electron chi connectivity index (χ3n) is 1.96. The first-order valence-electron chi connectivity index (χ1n) is 3.78. The van der Waals surface area contributed by atoms with E-state index in [-0.39, 0.29) is 6.10 Å². The third-order valence-corrected chi connectivity index (χ3v) is 4.22. The molecule has 1 fully saturated rings. The first-order valence-corrected chi connectivity index (χ1v) is 6.23. The Labute approximate surface area is 76.6 Å². The summed E-state index contributed by atoms with van der Waals surface area (Å²) in [5.41, 5.74) is 1.27. The van der Waals surface area contributed by atoms with E-state index in [1.807, 2.05) is 0 Å². The maximum Gasteiger partial charge on any atom is 0.0769 e. The Morgan fingerprint density at radius 3 is 2.45 bits per heavy atom. The van der Waals surface area contributed by atoms with Crippen LogP contribution >= 0.6 is 23.5 Å². The van der Waals surface area contributed by atoms with E-state index in [1.165, 1.54) is 9.81 Å². The first kappa shape index (κ1) is 9.49. The van der Waals surface area contributed by atoms with Crippen molar-refractivity contribution in [2.45, 2.75) is 25.4 Å². The van der Waals surface area contributed by atoms with Gasteiger partial charge in [-0.25, -0.2) is 0 Å². The molecule has 0 spiro atoms. The van der Waals surface area contributed by atoms with Gasteiger partial charge in [-0.1, -0.05) is 0 Å². The van der Waals surface area contributed by atoms with Gasteiger partial charge in [-0.2, -0.15) is 0 Å². The molecule has 1 unspecified atom stereocenters. The Bertz CT molecular complexity index is 159. The van der Waals surface area contributed by atoms with Gasteiger partial charge >= 0.3 is 0 Å². The van der Waals surface area contributed by atoms with E-state index in [0.29, 0.717) is 0 Å². The average Bonchev–Trinajstić information content (AvgIpc) is 2.40. The summed E-state index contributed by atoms with van der Waals surface area (Å²) in [6, 6.07) is 0. The Morgan fingerprint density at radius 2 is 2.09 bits per heavy atom. The van der Waals surface area contributed by atoms with Gasteiger partial charge in [0.25, 0.3) is 0 Å². The van der Waals surface area contributed by atoms with Crippen molar-refractivity contribution in [1.82, 2.24) is 0 Å². The largest absolute Gasteiger partial charge is 0.389 e. The van der Waals surface area contributed by atoms with Gasteiger partial charge in [-0.15, -0.1) is 23.5 Å². The van der Waals surface area contributed by atoms with Crippen LogP contribution in [0.15, 0.2) is 9.81 Å². The predicted molar refractivity (Wildman–Crippen MR) is 53.9 cm³/mol. The molecule has 0 aromatic heterocycles. The van der Waals surface area contributed by atoms with E-state index in [4.69, 9.17) is 0 Å². The highest BCUT2D eigenvalue weighted by Gasteiger charge is 2.21. The summed E-state index contributed by atoms with van der Waals surface area (Å²) in [6.45, 7) is 0. The molecule has 64 valence electrons. The molecule has 1 N–H and O–H groups in total. The van der Waals surface area contributed by atoms with Crippen molar-refractivity contribution in [3.63, 3.8) is 0 Å². The van der Waals surface area contributed by atoms with Crippen LogP contribution in [0, 0.1) is 0 Å². The van der Waals surface area contributed by atoms with E-state index >= 15 is 0 Å². The summed E-state index contributed by atoms with van der Waals surface area (Å²) >= 11 is 3.51. The molecular weight excluding hydrogens is 176 g/mol. The topological polar surface area (TPSA) is 20.2 Å². The Balaban J connectivity index is 2.73. The van der Waals surface area contributed by atoms with Crippen molar-refractivity contribution < 1.29 is 5.11 Å². The highest BCUT2D eigenvalue weighted by Crippen LogP contribution is 2.36. The van der Waals surface area contributed by atoms with Crippen molar-refractivity contribution >= 4 is 23.5 Å². The third kappa shape index (κ3) is 2.17. The molecule has 1 rings (SSSR count). The molecular formula is C8H14OS2. The van der Waals surface area contributed by atoms with Gasteiger partial charge in [0.05, 0.1) is 6.10 Å². The van der Waals surface area contributed by atoms with Gasteiger partial charge < -0.3 is 5.11 Å². The second kappa shape index (κ2) is 4.43. The van der Waals surface area contributed by atoms with Gasteiger partial charge in [0.1, 0.15) is 0 Å². The van der Waals surface area contributed by atoms with Crippen molar-refractivity contribution in [3.05, 3.63) is 9.81 Å². The smallest absolute Gasteiger partial charge is 0.0769 e. The monoisotopic (exact) mass is 190 g/mol. The lowest BCUT2D eigenvalue weighted by molar-refractivity contribution is 0.218. The lowest BCUT2D eigenvalue weighted by Gasteiger charge is -2.08. The molecule has 0 radical (unpaired) electrons. The number of aliphatic hydroxyl groups is 1. The molecule has 1 nitrogen and oxygen atoms in total. The Morgan fingerprint density at radius 1 is 1.45 bits per heavy atom. The lowest BCUT2D eigenvalue weighted by atomic mass is 10.2. The average molecular weight is 190 g/mol. The van der Waals surface area contributed by atoms with Gasteiger partial charge in [0.2, 0.25) is 0 Å². The van der Waals surface area contributed by atoms with Crippen molar-refractivity contribution in [2.24, 2.45) is 0 Å². The van der Waals surface area contributed by atoms with Crippen LogP contribution in [-0.4, -0.2) is 23.7 Å². The zero-order chi connectivity index (χ0) is 8.27. The van der Waals surface area contributed by atoms with Crippen LogP contribution in [0.4, 0.5) is 0 Å². The first-order chi connectivity index (χ1) is 5.29. The maximum atomic E-state index is 9.54. The molecule has 0 aliphatic heterocycles. The zero-order valence-corrected chi connectivity index (χ0v) is 8.60. The molecule has 1 atom stereocenters. The van der Waals surface area contributed by atoms with Crippen LogP contribution in [0.1, 0.15) is 19.3 Å². The van der Waals surface area contributed by atoms with Crippen LogP contribution in [0.2, 0.25) is 0 Å². The summed E-state index contributed by atoms with van der Waals surface area (Å²) in [4.78, 5) is 0. The second-order valence-corrected chi connectivity index (χ2v) is 4.52. The summed E-state index contributed by atoms with van der Waals surface area (Å²) in [5.74, 6) is 0. The summed E-state index contributed by atoms with van der Waals surface area (Å²) in [6.07, 6.45) is 7.21. The molecule has 0 bridgehead atoms. The van der Waals surface area contributed by atoms with E-state index < -0.39 is 0 Å². The molecule has 3 heteroatoms. The number of aliphatic hydroxyl groups excluding tert-OH is 1. The summed E-state index contributed by atoms with van der Waals surface area (Å²) in [5, 5.41) is 9.54. The van der Waals surface area contributed by atoms with Gasteiger partial charge in [-0.3, -0.25) is 0 Å². The normalized spacial score (nSPS) is 24.3. The van der Waals surface area contributed by atoms with E-state index in [0.717, 1.165) is 19.3 Å². The fraction of sp³-hybridized carbons (Fsp3) is 0.750. The van der Waals surface area contributed by atoms with Crippen LogP contribution < -0.4 is 0 Å². The maximum absolute atomic E-state index is 9.54. The van der Waals surface area contributed by atoms with Crippen LogP contribution in [0.5, 0.6) is 0 Å². The number of hydrogen-bond donors (Lipinski definition) is 1. The fourth-order valence-corrected chi connectivity index (χ4v) is 3.08. The quantitative estimate of drug-likeness (QED) is 0.722. The van der Waals surface area contributed by atoms with E-state index in [2.05, 4.69) is 12.5 Å². The molecule has 0 saturated heterocycles. The minimum atomic E-state index is -0.148. The van der Waals surface area contributed by atoms with Gasteiger partial charge in [0.15, 0.2) is 0 Å². The molecule has 1 aliphatic carbocycles. The van der Waals surface area contributed by atoms with Gasteiger partial charge in [-0.05, 0) is 37.3 Å². The highest BCUT2D eigenvalue weighted by atomic mass is 32.2. The minimum Gasteiger partial charge on any atom is -0.389 e. The second-order valence-electron chi connectivity index (χ2n) is 2.63. The van der Waals surface area contributed by atoms with Crippen LogP contribution in [-0.2, 0) is 0 Å². The van der Waals surface area contributed by atoms with Crippen LogP contribution in [0.3, 0.4) is 0 Å². The Hall–Kier alpha value is 0.400. The molecule has 11 heavy (non-hydrogen) atoms. The molecule has 0 aromatic rings. The van der Waals surface area contributed by atoms with E-state index in [9.17, 15) is 5.11 Å². The summed E-state index contributed by atoms with van der Waals surface area (Å²) in [7, 11) is 0. The minimum absolute atomic E-state index is 0.148. The zero-order valence-electron chi connectivity index (χ0n) is 6.96. The molecule has 0 aromatic carbocycles. The standard InChI is InChI=1S/C8H14OS2/c1-10-8(11-2)6-4-3-5-7(6)9/h7,9H,3-5H2,1-2H3. The van der Waals surface area contributed by atoms with E-state index in [1.54, 1.807) is 23.5 Å². The number of rotatable bonds is 2. The Kier molecular flexibility index (Phi) is 3.82. The molecule has 0 amide bonds. The number of hydrogen-bond acceptors (Lipinski definition) is 3. The fourth-order valence-electron chi connectivity index (χ4n) is 1.41. The van der Waals surface area contributed by atoms with Gasteiger partial charge in [0, 0.05) is 4.24 Å². The highest BCUT2D eigenvalue weighted by molar-refractivity contribution is 8.21. The molecule has 0 heterocycles. The predicted octanol–water partition coefficient (Wildman–Crippen LogP) is 2.47. The SMILES string of the molecule is CSC(SC)=C1CCCC1O. The molecule has 1 saturated carbocycles. The van der Waals surface area contributed by atoms with Crippen molar-refractivity contribution in [2.75, 3.05) is 12.5 Å². The number of thioether (sulfide) groups is 2. The van der Waals surface area contributed by atoms with Crippen LogP contribution in [0.25, 0.3) is 0 Å². The van der Waals surface area contributed by atoms with Crippen molar-refractivity contribution in [1.29, 1.82) is 0 Å². The molecule has 1 aliphatic rings. The lowest BCUT2D eigenvalue weighted by Crippen LogP contribution is -2.02.